The number of carbonyl (C=O) groups excluding carboxylic acids is 2. The smallest absolute Gasteiger partial charge is 0.335 e. The summed E-state index contributed by atoms with van der Waals surface area (Å²) in [5.74, 6) is 0.651. The van der Waals surface area contributed by atoms with E-state index in [9.17, 15) is 9.59 Å². The Bertz CT molecular complexity index is 950. The van der Waals surface area contributed by atoms with Crippen molar-refractivity contribution in [2.24, 2.45) is 11.8 Å². The standard InChI is InChI=1S/C22H24N2O4/c1-4-13-14-6-8-17(25)24-10-9-22(20(14)24)15-7-5-12(27-2)11-16(15)23-19(22)18(13)21(26)28-3/h5-8,11,13-14,20,23H,4,9-10H2,1-3H3/t13-,14-,20+,22+/m1/s1. The second-order valence-corrected chi connectivity index (χ2v) is 7.97. The minimum atomic E-state index is -0.401. The molecule has 6 heteroatoms. The molecule has 1 aromatic carbocycles. The van der Waals surface area contributed by atoms with Gasteiger partial charge in [-0.05, 0) is 30.5 Å². The number of rotatable bonds is 3. The van der Waals surface area contributed by atoms with Crippen LogP contribution in [0.25, 0.3) is 0 Å². The molecule has 1 N–H and O–H groups in total. The fourth-order valence-electron chi connectivity index (χ4n) is 6.00. The van der Waals surface area contributed by atoms with E-state index in [-0.39, 0.29) is 29.8 Å². The maximum Gasteiger partial charge on any atom is 0.335 e. The van der Waals surface area contributed by atoms with E-state index >= 15 is 0 Å². The zero-order chi connectivity index (χ0) is 19.6. The summed E-state index contributed by atoms with van der Waals surface area (Å²) in [5.41, 5.74) is 3.33. The molecular weight excluding hydrogens is 356 g/mol. The van der Waals surface area contributed by atoms with E-state index in [0.29, 0.717) is 6.54 Å². The number of nitrogens with zero attached hydrogens (tertiary/aromatic N) is 1. The second kappa shape index (κ2) is 5.87. The van der Waals surface area contributed by atoms with E-state index in [1.54, 1.807) is 13.2 Å². The van der Waals surface area contributed by atoms with Gasteiger partial charge in [-0.2, -0.15) is 0 Å². The van der Waals surface area contributed by atoms with Crippen molar-refractivity contribution in [2.45, 2.75) is 31.2 Å². The van der Waals surface area contributed by atoms with Crippen molar-refractivity contribution < 1.29 is 19.1 Å². The summed E-state index contributed by atoms with van der Waals surface area (Å²) in [6.07, 6.45) is 5.30. The van der Waals surface area contributed by atoms with E-state index < -0.39 is 5.41 Å². The van der Waals surface area contributed by atoms with Crippen LogP contribution in [0.3, 0.4) is 0 Å². The molecular formula is C22H24N2O4. The molecule has 0 unspecified atom stereocenters. The Balaban J connectivity index is 1.81. The molecule has 0 bridgehead atoms. The monoisotopic (exact) mass is 380 g/mol. The zero-order valence-corrected chi connectivity index (χ0v) is 16.3. The summed E-state index contributed by atoms with van der Waals surface area (Å²) in [6, 6.07) is 6.03. The molecule has 146 valence electrons. The molecule has 3 aliphatic heterocycles. The molecule has 0 saturated carbocycles. The van der Waals surface area contributed by atoms with Gasteiger partial charge < -0.3 is 19.7 Å². The summed E-state index contributed by atoms with van der Waals surface area (Å²) in [5, 5.41) is 3.54. The van der Waals surface area contributed by atoms with Crippen LogP contribution < -0.4 is 10.1 Å². The first-order valence-electron chi connectivity index (χ1n) is 9.84. The van der Waals surface area contributed by atoms with Crippen LogP contribution in [-0.2, 0) is 19.7 Å². The highest BCUT2D eigenvalue weighted by Crippen LogP contribution is 2.61. The van der Waals surface area contributed by atoms with Gasteiger partial charge in [0.15, 0.2) is 0 Å². The molecule has 0 aromatic heterocycles. The van der Waals surface area contributed by atoms with Crippen molar-refractivity contribution >= 4 is 17.6 Å². The molecule has 1 aliphatic carbocycles. The van der Waals surface area contributed by atoms with Gasteiger partial charge >= 0.3 is 5.97 Å². The van der Waals surface area contributed by atoms with Crippen LogP contribution in [0, 0.1) is 11.8 Å². The van der Waals surface area contributed by atoms with Crippen LogP contribution in [-0.4, -0.2) is 43.6 Å². The van der Waals surface area contributed by atoms with E-state index in [2.05, 4.69) is 18.3 Å². The molecule has 4 atom stereocenters. The third-order valence-corrected chi connectivity index (χ3v) is 7.06. The summed E-state index contributed by atoms with van der Waals surface area (Å²) in [6.45, 7) is 2.78. The number of esters is 1. The number of carbonyl (C=O) groups is 2. The highest BCUT2D eigenvalue weighted by Gasteiger charge is 2.64. The van der Waals surface area contributed by atoms with Crippen molar-refractivity contribution in [1.82, 2.24) is 4.90 Å². The van der Waals surface area contributed by atoms with Gasteiger partial charge in [0.2, 0.25) is 5.91 Å². The lowest BCUT2D eigenvalue weighted by molar-refractivity contribution is -0.137. The maximum atomic E-state index is 12.9. The Labute approximate surface area is 164 Å². The SMILES string of the molecule is CC[C@H]1C(C(=O)OC)=C2Nc3cc(OC)ccc3[C@@]23CCN2C(=O)C=C[C@H]1[C@H]23. The van der Waals surface area contributed by atoms with Crippen molar-refractivity contribution in [3.05, 3.63) is 47.2 Å². The molecule has 1 spiro atoms. The lowest BCUT2D eigenvalue weighted by atomic mass is 9.58. The molecule has 1 saturated heterocycles. The largest absolute Gasteiger partial charge is 0.497 e. The molecule has 5 rings (SSSR count). The van der Waals surface area contributed by atoms with Crippen LogP contribution in [0.1, 0.15) is 25.3 Å². The Morgan fingerprint density at radius 1 is 1.36 bits per heavy atom. The second-order valence-electron chi connectivity index (χ2n) is 7.97. The molecule has 1 aromatic rings. The maximum absolute atomic E-state index is 12.9. The van der Waals surface area contributed by atoms with Crippen LogP contribution in [0.4, 0.5) is 5.69 Å². The molecule has 28 heavy (non-hydrogen) atoms. The van der Waals surface area contributed by atoms with Gasteiger partial charge in [0.05, 0.1) is 31.2 Å². The van der Waals surface area contributed by atoms with Crippen LogP contribution in [0.15, 0.2) is 41.6 Å². The highest BCUT2D eigenvalue weighted by atomic mass is 16.5. The fraction of sp³-hybridized carbons (Fsp3) is 0.455. The normalized spacial score (nSPS) is 31.9. The molecule has 0 radical (unpaired) electrons. The average molecular weight is 380 g/mol. The van der Waals surface area contributed by atoms with Crippen molar-refractivity contribution in [3.63, 3.8) is 0 Å². The molecule has 6 nitrogen and oxygen atoms in total. The predicted molar refractivity (Wildman–Crippen MR) is 104 cm³/mol. The van der Waals surface area contributed by atoms with Gasteiger partial charge in [0.25, 0.3) is 0 Å². The number of hydrogen-bond acceptors (Lipinski definition) is 5. The number of hydrogen-bond donors (Lipinski definition) is 1. The van der Waals surface area contributed by atoms with Gasteiger partial charge in [-0.25, -0.2) is 4.79 Å². The topological polar surface area (TPSA) is 67.9 Å². The minimum Gasteiger partial charge on any atom is -0.497 e. The van der Waals surface area contributed by atoms with Crippen LogP contribution >= 0.6 is 0 Å². The summed E-state index contributed by atoms with van der Waals surface area (Å²) < 4.78 is 10.6. The number of anilines is 1. The lowest BCUT2D eigenvalue weighted by Gasteiger charge is -2.49. The number of amides is 1. The Kier molecular flexibility index (Phi) is 3.63. The number of nitrogens with one attached hydrogen (secondary N) is 1. The van der Waals surface area contributed by atoms with Gasteiger partial charge in [-0.15, -0.1) is 0 Å². The first-order chi connectivity index (χ1) is 13.6. The average Bonchev–Trinajstić information content (AvgIpc) is 3.28. The molecule has 1 amide bonds. The van der Waals surface area contributed by atoms with Crippen molar-refractivity contribution in [1.29, 1.82) is 0 Å². The third-order valence-electron chi connectivity index (χ3n) is 7.06. The van der Waals surface area contributed by atoms with Crippen LogP contribution in [0.2, 0.25) is 0 Å². The van der Waals surface area contributed by atoms with Crippen LogP contribution in [0.5, 0.6) is 5.75 Å². The predicted octanol–water partition coefficient (Wildman–Crippen LogP) is 2.61. The zero-order valence-electron chi connectivity index (χ0n) is 16.3. The van der Waals surface area contributed by atoms with E-state index in [4.69, 9.17) is 9.47 Å². The first kappa shape index (κ1) is 17.3. The summed E-state index contributed by atoms with van der Waals surface area (Å²) in [4.78, 5) is 27.6. The lowest BCUT2D eigenvalue weighted by Crippen LogP contribution is -2.56. The number of fused-ring (bicyclic) bond motifs is 1. The van der Waals surface area contributed by atoms with E-state index in [1.807, 2.05) is 23.1 Å². The van der Waals surface area contributed by atoms with Crippen molar-refractivity contribution in [3.8, 4) is 5.75 Å². The Morgan fingerprint density at radius 3 is 2.89 bits per heavy atom. The highest BCUT2D eigenvalue weighted by molar-refractivity contribution is 5.96. The summed E-state index contributed by atoms with van der Waals surface area (Å²) >= 11 is 0. The Morgan fingerprint density at radius 2 is 2.18 bits per heavy atom. The quantitative estimate of drug-likeness (QED) is 0.817. The van der Waals surface area contributed by atoms with Gasteiger partial charge in [-0.1, -0.05) is 19.1 Å². The number of ether oxygens (including phenoxy) is 2. The van der Waals surface area contributed by atoms with Gasteiger partial charge in [-0.3, -0.25) is 4.79 Å². The molecule has 4 aliphatic rings. The molecule has 3 heterocycles. The number of methoxy groups -OCH3 is 2. The number of benzene rings is 1. The van der Waals surface area contributed by atoms with Gasteiger partial charge in [0.1, 0.15) is 5.75 Å². The Hall–Kier alpha value is -2.76. The van der Waals surface area contributed by atoms with Gasteiger partial charge in [0, 0.05) is 35.8 Å². The third kappa shape index (κ3) is 1.93. The van der Waals surface area contributed by atoms with E-state index in [1.165, 1.54) is 7.11 Å². The van der Waals surface area contributed by atoms with Crippen molar-refractivity contribution in [2.75, 3.05) is 26.1 Å². The summed E-state index contributed by atoms with van der Waals surface area (Å²) in [7, 11) is 3.08. The van der Waals surface area contributed by atoms with E-state index in [0.717, 1.165) is 41.1 Å². The molecule has 1 fully saturated rings. The first-order valence-corrected chi connectivity index (χ1v) is 9.84. The minimum absolute atomic E-state index is 0.00855. The fourth-order valence-corrected chi connectivity index (χ4v) is 6.00.